The fourth-order valence-corrected chi connectivity index (χ4v) is 2.96. The van der Waals surface area contributed by atoms with Gasteiger partial charge in [0.05, 0.1) is 15.5 Å². The average molecular weight is 295 g/mol. The number of nitrogens with two attached hydrogens (primary N) is 1. The molecule has 0 atom stereocenters. The third-order valence-corrected chi connectivity index (χ3v) is 4.00. The lowest BCUT2D eigenvalue weighted by Gasteiger charge is -2.01. The molecule has 3 aromatic rings. The number of hydrogen-bond donors (Lipinski definition) is 1. The van der Waals surface area contributed by atoms with Crippen molar-refractivity contribution < 1.29 is 8.91 Å². The molecule has 1 aromatic carbocycles. The van der Waals surface area contributed by atoms with Crippen LogP contribution in [0.3, 0.4) is 0 Å². The minimum atomic E-state index is -0.346. The molecule has 0 aliphatic rings. The molecule has 6 heteroatoms. The maximum absolute atomic E-state index is 13.3. The molecule has 0 spiro atoms. The van der Waals surface area contributed by atoms with Crippen molar-refractivity contribution in [1.29, 1.82) is 0 Å². The Morgan fingerprint density at radius 3 is 2.84 bits per heavy atom. The zero-order valence-corrected chi connectivity index (χ0v) is 11.1. The van der Waals surface area contributed by atoms with Gasteiger partial charge >= 0.3 is 0 Å². The van der Waals surface area contributed by atoms with E-state index in [1.807, 2.05) is 5.38 Å². The molecule has 0 fully saturated rings. The van der Waals surface area contributed by atoms with E-state index in [1.165, 1.54) is 23.5 Å². The molecule has 19 heavy (non-hydrogen) atoms. The Bertz CT molecular complexity index is 738. The smallest absolute Gasteiger partial charge is 0.188 e. The van der Waals surface area contributed by atoms with E-state index in [0.717, 1.165) is 4.88 Å². The predicted molar refractivity (Wildman–Crippen MR) is 74.6 cm³/mol. The molecule has 0 aliphatic carbocycles. The van der Waals surface area contributed by atoms with Crippen molar-refractivity contribution in [3.05, 3.63) is 46.6 Å². The van der Waals surface area contributed by atoms with Gasteiger partial charge in [-0.2, -0.15) is 0 Å². The first kappa shape index (κ1) is 12.2. The van der Waals surface area contributed by atoms with Gasteiger partial charge in [0.25, 0.3) is 0 Å². The van der Waals surface area contributed by atoms with E-state index in [4.69, 9.17) is 21.9 Å². The van der Waals surface area contributed by atoms with Gasteiger partial charge in [-0.15, -0.1) is 11.3 Å². The second kappa shape index (κ2) is 4.68. The zero-order valence-electron chi connectivity index (χ0n) is 9.56. The molecule has 0 aliphatic heterocycles. The van der Waals surface area contributed by atoms with Gasteiger partial charge in [-0.3, -0.25) is 0 Å². The minimum Gasteiger partial charge on any atom is -0.380 e. The highest BCUT2D eigenvalue weighted by Crippen LogP contribution is 2.42. The molecule has 0 bridgehead atoms. The largest absolute Gasteiger partial charge is 0.380 e. The molecule has 0 saturated carbocycles. The van der Waals surface area contributed by atoms with Gasteiger partial charge in [0, 0.05) is 0 Å². The number of anilines is 1. The molecule has 0 amide bonds. The van der Waals surface area contributed by atoms with Crippen molar-refractivity contribution in [2.75, 3.05) is 5.73 Å². The number of aromatic nitrogens is 1. The summed E-state index contributed by atoms with van der Waals surface area (Å²) in [5, 5.41) is 6.14. The van der Waals surface area contributed by atoms with Crippen LogP contribution < -0.4 is 5.73 Å². The van der Waals surface area contributed by atoms with Crippen molar-refractivity contribution in [3.8, 4) is 21.8 Å². The molecule has 96 valence electrons. The minimum absolute atomic E-state index is 0.213. The first-order valence-corrected chi connectivity index (χ1v) is 6.67. The molecule has 2 aromatic heterocycles. The summed E-state index contributed by atoms with van der Waals surface area (Å²) in [5.74, 6) is 0.328. The molecule has 3 nitrogen and oxygen atoms in total. The van der Waals surface area contributed by atoms with Gasteiger partial charge in [-0.1, -0.05) is 28.9 Å². The SMILES string of the molecule is Nc1noc(-c2sccc2Cl)c1-c1cccc(F)c1. The fourth-order valence-electron chi connectivity index (χ4n) is 1.84. The Morgan fingerprint density at radius 2 is 2.16 bits per heavy atom. The summed E-state index contributed by atoms with van der Waals surface area (Å²) in [6, 6.07) is 7.86. The maximum Gasteiger partial charge on any atom is 0.188 e. The van der Waals surface area contributed by atoms with Crippen molar-refractivity contribution in [1.82, 2.24) is 5.16 Å². The first-order chi connectivity index (χ1) is 9.16. The summed E-state index contributed by atoms with van der Waals surface area (Å²) >= 11 is 7.50. The second-order valence-electron chi connectivity index (χ2n) is 3.88. The highest BCUT2D eigenvalue weighted by atomic mass is 35.5. The third kappa shape index (κ3) is 2.11. The molecule has 2 N–H and O–H groups in total. The molecule has 2 heterocycles. The molecular weight excluding hydrogens is 287 g/mol. The monoisotopic (exact) mass is 294 g/mol. The standard InChI is InChI=1S/C13H8ClFN2OS/c14-9-4-5-19-12(9)11-10(13(16)17-18-11)7-2-1-3-8(15)6-7/h1-6H,(H2,16,17). The molecule has 0 saturated heterocycles. The van der Waals surface area contributed by atoms with Gasteiger partial charge in [0.2, 0.25) is 0 Å². The van der Waals surface area contributed by atoms with Crippen molar-refractivity contribution in [2.24, 2.45) is 0 Å². The van der Waals surface area contributed by atoms with Crippen LogP contribution in [0.5, 0.6) is 0 Å². The molecule has 3 rings (SSSR count). The van der Waals surface area contributed by atoms with Crippen LogP contribution in [0.2, 0.25) is 5.02 Å². The molecule has 0 radical (unpaired) electrons. The fraction of sp³-hybridized carbons (Fsp3) is 0. The van der Waals surface area contributed by atoms with Crippen LogP contribution >= 0.6 is 22.9 Å². The summed E-state index contributed by atoms with van der Waals surface area (Å²) in [6.07, 6.45) is 0. The average Bonchev–Trinajstić information content (AvgIpc) is 2.95. The number of rotatable bonds is 2. The van der Waals surface area contributed by atoms with Crippen LogP contribution in [0.15, 0.2) is 40.2 Å². The van der Waals surface area contributed by atoms with Crippen LogP contribution in [0.1, 0.15) is 0 Å². The Hall–Kier alpha value is -1.85. The lowest BCUT2D eigenvalue weighted by Crippen LogP contribution is -1.89. The number of thiophene rings is 1. The summed E-state index contributed by atoms with van der Waals surface area (Å²) < 4.78 is 18.6. The summed E-state index contributed by atoms with van der Waals surface area (Å²) in [6.45, 7) is 0. The number of nitrogens with zero attached hydrogens (tertiary/aromatic N) is 1. The van der Waals surface area contributed by atoms with Crippen molar-refractivity contribution in [3.63, 3.8) is 0 Å². The van der Waals surface area contributed by atoms with Gasteiger partial charge < -0.3 is 10.3 Å². The van der Waals surface area contributed by atoms with E-state index < -0.39 is 0 Å². The topological polar surface area (TPSA) is 52.0 Å². The first-order valence-electron chi connectivity index (χ1n) is 5.41. The van der Waals surface area contributed by atoms with E-state index in [2.05, 4.69) is 5.16 Å². The summed E-state index contributed by atoms with van der Waals surface area (Å²) in [5.41, 5.74) is 6.98. The van der Waals surface area contributed by atoms with E-state index in [1.54, 1.807) is 18.2 Å². The summed E-state index contributed by atoms with van der Waals surface area (Å²) in [4.78, 5) is 0.727. The van der Waals surface area contributed by atoms with Crippen LogP contribution in [-0.4, -0.2) is 5.16 Å². The predicted octanol–water partition coefficient (Wildman–Crippen LogP) is 4.44. The Balaban J connectivity index is 2.22. The normalized spacial score (nSPS) is 10.8. The van der Waals surface area contributed by atoms with Crippen LogP contribution in [0, 0.1) is 5.82 Å². The summed E-state index contributed by atoms with van der Waals surface area (Å²) in [7, 11) is 0. The maximum atomic E-state index is 13.3. The van der Waals surface area contributed by atoms with Crippen LogP contribution in [0.25, 0.3) is 21.8 Å². The van der Waals surface area contributed by atoms with Gasteiger partial charge in [-0.25, -0.2) is 4.39 Å². The Kier molecular flexibility index (Phi) is 3.00. The van der Waals surface area contributed by atoms with E-state index in [0.29, 0.717) is 21.9 Å². The van der Waals surface area contributed by atoms with E-state index >= 15 is 0 Å². The number of nitrogen functional groups attached to an aromatic ring is 1. The Labute approximate surface area is 117 Å². The van der Waals surface area contributed by atoms with Crippen molar-refractivity contribution in [2.45, 2.75) is 0 Å². The van der Waals surface area contributed by atoms with Gasteiger partial charge in [0.1, 0.15) is 5.82 Å². The zero-order chi connectivity index (χ0) is 13.4. The quantitative estimate of drug-likeness (QED) is 0.760. The Morgan fingerprint density at radius 1 is 1.32 bits per heavy atom. The van der Waals surface area contributed by atoms with Crippen LogP contribution in [0.4, 0.5) is 10.2 Å². The number of benzene rings is 1. The lowest BCUT2D eigenvalue weighted by molar-refractivity contribution is 0.437. The third-order valence-electron chi connectivity index (χ3n) is 2.66. The van der Waals surface area contributed by atoms with Crippen LogP contribution in [-0.2, 0) is 0 Å². The molecular formula is C13H8ClFN2OS. The second-order valence-corrected chi connectivity index (χ2v) is 5.20. The number of hydrogen-bond acceptors (Lipinski definition) is 4. The van der Waals surface area contributed by atoms with Gasteiger partial charge in [0.15, 0.2) is 11.6 Å². The molecule has 0 unspecified atom stereocenters. The highest BCUT2D eigenvalue weighted by molar-refractivity contribution is 7.14. The highest BCUT2D eigenvalue weighted by Gasteiger charge is 2.20. The number of halogens is 2. The van der Waals surface area contributed by atoms with Gasteiger partial charge in [-0.05, 0) is 29.1 Å². The van der Waals surface area contributed by atoms with E-state index in [-0.39, 0.29) is 11.6 Å². The lowest BCUT2D eigenvalue weighted by atomic mass is 10.1. The van der Waals surface area contributed by atoms with Crippen molar-refractivity contribution >= 4 is 28.8 Å². The van der Waals surface area contributed by atoms with E-state index in [9.17, 15) is 4.39 Å².